The lowest BCUT2D eigenvalue weighted by Crippen LogP contribution is -2.25. The van der Waals surface area contributed by atoms with Crippen LogP contribution < -0.4 is 16.4 Å². The van der Waals surface area contributed by atoms with Gasteiger partial charge in [0.25, 0.3) is 0 Å². The maximum Gasteiger partial charge on any atom is 0.433 e. The SMILES string of the molecule is CCN(Cc1ccccc1)c1cc(C(F)(F)F)nc(N)c1N. The number of anilines is 3. The van der Waals surface area contributed by atoms with E-state index in [0.717, 1.165) is 11.6 Å². The van der Waals surface area contributed by atoms with Gasteiger partial charge < -0.3 is 16.4 Å². The second kappa shape index (κ2) is 6.13. The van der Waals surface area contributed by atoms with Crippen LogP contribution in [0.15, 0.2) is 36.4 Å². The highest BCUT2D eigenvalue weighted by Crippen LogP contribution is 2.36. The number of pyridine rings is 1. The average molecular weight is 310 g/mol. The standard InChI is InChI=1S/C15H17F3N4/c1-2-22(9-10-6-4-3-5-7-10)11-8-12(15(16,17)18)21-14(20)13(11)19/h3-8H,2,9,19H2,1H3,(H2,20,21). The maximum atomic E-state index is 12.9. The van der Waals surface area contributed by atoms with E-state index in [2.05, 4.69) is 4.98 Å². The van der Waals surface area contributed by atoms with Gasteiger partial charge in [0.15, 0.2) is 0 Å². The third kappa shape index (κ3) is 3.41. The Bertz CT molecular complexity index is 641. The molecule has 0 spiro atoms. The van der Waals surface area contributed by atoms with Crippen molar-refractivity contribution in [3.8, 4) is 0 Å². The number of nitrogens with two attached hydrogens (primary N) is 2. The van der Waals surface area contributed by atoms with Crippen molar-refractivity contribution >= 4 is 17.2 Å². The lowest BCUT2D eigenvalue weighted by Gasteiger charge is -2.26. The predicted octanol–water partition coefficient (Wildman–Crippen LogP) is 3.29. The van der Waals surface area contributed by atoms with E-state index in [9.17, 15) is 13.2 Å². The summed E-state index contributed by atoms with van der Waals surface area (Å²) in [6.07, 6.45) is -4.57. The van der Waals surface area contributed by atoms with Crippen LogP contribution in [0.5, 0.6) is 0 Å². The summed E-state index contributed by atoms with van der Waals surface area (Å²) in [5.74, 6) is -0.309. The zero-order chi connectivity index (χ0) is 16.3. The molecule has 0 fully saturated rings. The third-order valence-corrected chi connectivity index (χ3v) is 3.30. The Labute approximate surface area is 126 Å². The van der Waals surface area contributed by atoms with Crippen molar-refractivity contribution < 1.29 is 13.2 Å². The monoisotopic (exact) mass is 310 g/mol. The van der Waals surface area contributed by atoms with Crippen LogP contribution in [0.1, 0.15) is 18.2 Å². The van der Waals surface area contributed by atoms with Gasteiger partial charge in [0, 0.05) is 13.1 Å². The lowest BCUT2D eigenvalue weighted by atomic mass is 10.1. The molecule has 0 unspecified atom stereocenters. The predicted molar refractivity (Wildman–Crippen MR) is 81.2 cm³/mol. The van der Waals surface area contributed by atoms with Crippen molar-refractivity contribution in [1.82, 2.24) is 4.98 Å². The molecule has 0 aliphatic carbocycles. The summed E-state index contributed by atoms with van der Waals surface area (Å²) >= 11 is 0. The smallest absolute Gasteiger partial charge is 0.394 e. The fourth-order valence-corrected chi connectivity index (χ4v) is 2.14. The molecule has 1 aromatic heterocycles. The Hall–Kier alpha value is -2.44. The summed E-state index contributed by atoms with van der Waals surface area (Å²) in [7, 11) is 0. The minimum Gasteiger partial charge on any atom is -0.394 e. The molecule has 7 heteroatoms. The van der Waals surface area contributed by atoms with Crippen LogP contribution in [0.2, 0.25) is 0 Å². The van der Waals surface area contributed by atoms with Crippen LogP contribution in [0.3, 0.4) is 0 Å². The molecule has 0 amide bonds. The molecule has 4 N–H and O–H groups in total. The lowest BCUT2D eigenvalue weighted by molar-refractivity contribution is -0.141. The second-order valence-electron chi connectivity index (χ2n) is 4.82. The van der Waals surface area contributed by atoms with E-state index < -0.39 is 11.9 Å². The highest BCUT2D eigenvalue weighted by Gasteiger charge is 2.34. The quantitative estimate of drug-likeness (QED) is 0.909. The van der Waals surface area contributed by atoms with Crippen molar-refractivity contribution in [3.63, 3.8) is 0 Å². The fraction of sp³-hybridized carbons (Fsp3) is 0.267. The Morgan fingerprint density at radius 3 is 2.32 bits per heavy atom. The van der Waals surface area contributed by atoms with Gasteiger partial charge in [-0.3, -0.25) is 0 Å². The molecule has 1 heterocycles. The number of halogens is 3. The number of alkyl halides is 3. The Morgan fingerprint density at radius 1 is 1.14 bits per heavy atom. The van der Waals surface area contributed by atoms with Crippen molar-refractivity contribution in [2.75, 3.05) is 22.9 Å². The van der Waals surface area contributed by atoms with E-state index in [1.807, 2.05) is 37.3 Å². The van der Waals surface area contributed by atoms with Crippen molar-refractivity contribution in [1.29, 1.82) is 0 Å². The zero-order valence-corrected chi connectivity index (χ0v) is 12.1. The van der Waals surface area contributed by atoms with Crippen LogP contribution in [-0.4, -0.2) is 11.5 Å². The molecule has 4 nitrogen and oxygen atoms in total. The van der Waals surface area contributed by atoms with Gasteiger partial charge in [-0.2, -0.15) is 13.2 Å². The number of aromatic nitrogens is 1. The maximum absolute atomic E-state index is 12.9. The highest BCUT2D eigenvalue weighted by molar-refractivity contribution is 5.77. The minimum atomic E-state index is -4.57. The highest BCUT2D eigenvalue weighted by atomic mass is 19.4. The molecule has 2 aromatic rings. The van der Waals surface area contributed by atoms with E-state index >= 15 is 0 Å². The molecule has 0 saturated carbocycles. The van der Waals surface area contributed by atoms with Crippen LogP contribution in [0.25, 0.3) is 0 Å². The van der Waals surface area contributed by atoms with E-state index in [-0.39, 0.29) is 17.2 Å². The average Bonchev–Trinajstić information content (AvgIpc) is 2.47. The molecule has 0 saturated heterocycles. The van der Waals surface area contributed by atoms with Gasteiger partial charge in [-0.05, 0) is 18.6 Å². The molecule has 1 aromatic carbocycles. The summed E-state index contributed by atoms with van der Waals surface area (Å²) in [6.45, 7) is 2.76. The first-order valence-electron chi connectivity index (χ1n) is 6.75. The fourth-order valence-electron chi connectivity index (χ4n) is 2.14. The summed E-state index contributed by atoms with van der Waals surface area (Å²) in [5.41, 5.74) is 11.6. The van der Waals surface area contributed by atoms with Gasteiger partial charge in [-0.1, -0.05) is 30.3 Å². The summed E-state index contributed by atoms with van der Waals surface area (Å²) in [5, 5.41) is 0. The molecule has 0 bridgehead atoms. The molecule has 0 aliphatic heterocycles. The Balaban J connectivity index is 2.42. The number of rotatable bonds is 4. The second-order valence-corrected chi connectivity index (χ2v) is 4.82. The first-order chi connectivity index (χ1) is 10.3. The van der Waals surface area contributed by atoms with Gasteiger partial charge in [-0.25, -0.2) is 4.98 Å². The molecular formula is C15H17F3N4. The first-order valence-corrected chi connectivity index (χ1v) is 6.75. The van der Waals surface area contributed by atoms with Gasteiger partial charge in [0.05, 0.1) is 11.4 Å². The van der Waals surface area contributed by atoms with Gasteiger partial charge >= 0.3 is 6.18 Å². The number of nitrogen functional groups attached to an aromatic ring is 2. The van der Waals surface area contributed by atoms with Crippen molar-refractivity contribution in [2.24, 2.45) is 0 Å². The number of nitrogens with zero attached hydrogens (tertiary/aromatic N) is 2. The van der Waals surface area contributed by atoms with E-state index in [1.54, 1.807) is 4.90 Å². The molecule has 118 valence electrons. The molecule has 0 atom stereocenters. The van der Waals surface area contributed by atoms with Crippen molar-refractivity contribution in [3.05, 3.63) is 47.7 Å². The largest absolute Gasteiger partial charge is 0.433 e. The van der Waals surface area contributed by atoms with Gasteiger partial charge in [0.2, 0.25) is 0 Å². The van der Waals surface area contributed by atoms with Crippen LogP contribution in [0, 0.1) is 0 Å². The summed E-state index contributed by atoms with van der Waals surface area (Å²) in [4.78, 5) is 5.06. The van der Waals surface area contributed by atoms with E-state index in [4.69, 9.17) is 11.5 Å². The third-order valence-electron chi connectivity index (χ3n) is 3.30. The topological polar surface area (TPSA) is 68.2 Å². The molecule has 0 aliphatic rings. The molecule has 22 heavy (non-hydrogen) atoms. The summed E-state index contributed by atoms with van der Waals surface area (Å²) in [6, 6.07) is 10.4. The van der Waals surface area contributed by atoms with Crippen LogP contribution in [0.4, 0.5) is 30.4 Å². The van der Waals surface area contributed by atoms with Crippen molar-refractivity contribution in [2.45, 2.75) is 19.6 Å². The van der Waals surface area contributed by atoms with E-state index in [1.165, 1.54) is 0 Å². The van der Waals surface area contributed by atoms with Crippen LogP contribution in [-0.2, 0) is 12.7 Å². The van der Waals surface area contributed by atoms with Gasteiger partial charge in [-0.15, -0.1) is 0 Å². The Morgan fingerprint density at radius 2 is 1.77 bits per heavy atom. The molecule has 2 rings (SSSR count). The Kier molecular flexibility index (Phi) is 4.44. The first kappa shape index (κ1) is 15.9. The van der Waals surface area contributed by atoms with Gasteiger partial charge in [0.1, 0.15) is 11.5 Å². The number of hydrogen-bond donors (Lipinski definition) is 2. The number of benzene rings is 1. The van der Waals surface area contributed by atoms with E-state index in [0.29, 0.717) is 13.1 Å². The summed E-state index contributed by atoms with van der Waals surface area (Å²) < 4.78 is 38.7. The molecule has 0 radical (unpaired) electrons. The normalized spacial score (nSPS) is 11.5. The molecular weight excluding hydrogens is 293 g/mol. The van der Waals surface area contributed by atoms with Crippen LogP contribution >= 0.6 is 0 Å². The number of hydrogen-bond acceptors (Lipinski definition) is 4. The minimum absolute atomic E-state index is 0.0609. The zero-order valence-electron chi connectivity index (χ0n) is 12.1.